The van der Waals surface area contributed by atoms with E-state index in [0.29, 0.717) is 5.92 Å². The Bertz CT molecular complexity index is 369. The van der Waals surface area contributed by atoms with Crippen LogP contribution in [-0.2, 0) is 4.74 Å². The second-order valence-electron chi connectivity index (χ2n) is 10.6. The van der Waals surface area contributed by atoms with E-state index in [4.69, 9.17) is 10.5 Å². The Morgan fingerprint density at radius 3 is 2.08 bits per heavy atom. The van der Waals surface area contributed by atoms with Crippen molar-refractivity contribution in [3.8, 4) is 0 Å². The van der Waals surface area contributed by atoms with Gasteiger partial charge in [0.15, 0.2) is 0 Å². The molecule has 1 heterocycles. The normalized spacial score (nSPS) is 23.1. The maximum absolute atomic E-state index is 7.10. The molecule has 0 amide bonds. The predicted octanol–water partition coefficient (Wildman–Crippen LogP) is 6.76. The van der Waals surface area contributed by atoms with Gasteiger partial charge in [0.1, 0.15) is 0 Å². The molecule has 0 bridgehead atoms. The molecule has 154 valence electrons. The summed E-state index contributed by atoms with van der Waals surface area (Å²) in [5.74, 6) is 1.72. The van der Waals surface area contributed by atoms with Crippen molar-refractivity contribution >= 4 is 8.07 Å². The minimum absolute atomic E-state index is 0.0792. The van der Waals surface area contributed by atoms with Crippen molar-refractivity contribution in [2.24, 2.45) is 17.6 Å². The smallest absolute Gasteiger partial charge is 0.0469 e. The Kier molecular flexibility index (Phi) is 9.67. The molecule has 3 heteroatoms. The lowest BCUT2D eigenvalue weighted by molar-refractivity contribution is 0.0323. The maximum Gasteiger partial charge on any atom is 0.0469 e. The van der Waals surface area contributed by atoms with Crippen molar-refractivity contribution in [3.05, 3.63) is 0 Å². The highest BCUT2D eigenvalue weighted by Crippen LogP contribution is 2.35. The number of ether oxygens (including phenoxy) is 1. The summed E-state index contributed by atoms with van der Waals surface area (Å²) in [5, 5.41) is 0. The van der Waals surface area contributed by atoms with Gasteiger partial charge in [-0.15, -0.1) is 0 Å². The minimum atomic E-state index is -0.904. The van der Waals surface area contributed by atoms with Crippen LogP contribution in [0.15, 0.2) is 0 Å². The number of hydrogen-bond acceptors (Lipinski definition) is 2. The molecule has 0 aromatic heterocycles. The van der Waals surface area contributed by atoms with Gasteiger partial charge in [-0.25, -0.2) is 0 Å². The molecule has 0 aromatic rings. The highest BCUT2D eigenvalue weighted by Gasteiger charge is 2.35. The molecule has 2 fully saturated rings. The Balaban J connectivity index is 1.75. The zero-order chi connectivity index (χ0) is 18.9. The summed E-state index contributed by atoms with van der Waals surface area (Å²) in [6.45, 7) is 9.34. The van der Waals surface area contributed by atoms with Crippen LogP contribution in [0.1, 0.15) is 89.9 Å². The fourth-order valence-electron chi connectivity index (χ4n) is 5.28. The van der Waals surface area contributed by atoms with Crippen LogP contribution < -0.4 is 5.73 Å². The summed E-state index contributed by atoms with van der Waals surface area (Å²) in [6, 6.07) is 1.46. The lowest BCUT2D eigenvalue weighted by Crippen LogP contribution is -2.49. The quantitative estimate of drug-likeness (QED) is 0.317. The first-order valence-corrected chi connectivity index (χ1v) is 15.5. The fourth-order valence-corrected chi connectivity index (χ4v) is 6.59. The second kappa shape index (κ2) is 11.2. The Hall–Kier alpha value is 0.137. The van der Waals surface area contributed by atoms with Crippen molar-refractivity contribution in [3.63, 3.8) is 0 Å². The Labute approximate surface area is 165 Å². The third-order valence-electron chi connectivity index (χ3n) is 7.08. The summed E-state index contributed by atoms with van der Waals surface area (Å²) >= 11 is 0. The summed E-state index contributed by atoms with van der Waals surface area (Å²) in [7, 11) is -0.904. The van der Waals surface area contributed by atoms with Gasteiger partial charge in [0.25, 0.3) is 0 Å². The van der Waals surface area contributed by atoms with Crippen LogP contribution in [0.5, 0.6) is 0 Å². The van der Waals surface area contributed by atoms with Gasteiger partial charge < -0.3 is 10.5 Å². The number of nitrogens with two attached hydrogens (primary N) is 1. The van der Waals surface area contributed by atoms with Crippen LogP contribution >= 0.6 is 0 Å². The zero-order valence-electron chi connectivity index (χ0n) is 18.2. The highest BCUT2D eigenvalue weighted by atomic mass is 28.3. The number of unbranched alkanes of at least 4 members (excludes halogenated alkanes) is 2. The molecule has 26 heavy (non-hydrogen) atoms. The monoisotopic (exact) mass is 381 g/mol. The van der Waals surface area contributed by atoms with Crippen LogP contribution in [0.2, 0.25) is 25.7 Å². The zero-order valence-corrected chi connectivity index (χ0v) is 19.2. The van der Waals surface area contributed by atoms with Crippen LogP contribution in [0.4, 0.5) is 0 Å². The third-order valence-corrected chi connectivity index (χ3v) is 8.94. The first-order chi connectivity index (χ1) is 12.4. The van der Waals surface area contributed by atoms with Gasteiger partial charge in [-0.05, 0) is 37.5 Å². The molecular weight excluding hydrogens is 334 g/mol. The molecule has 2 aliphatic rings. The molecule has 1 atom stereocenters. The van der Waals surface area contributed by atoms with Crippen molar-refractivity contribution in [2.45, 2.75) is 121 Å². The second-order valence-corrected chi connectivity index (χ2v) is 16.3. The molecule has 2 rings (SSSR count). The Morgan fingerprint density at radius 1 is 0.846 bits per heavy atom. The highest BCUT2D eigenvalue weighted by molar-refractivity contribution is 6.76. The topological polar surface area (TPSA) is 35.2 Å². The molecule has 1 saturated heterocycles. The van der Waals surface area contributed by atoms with E-state index < -0.39 is 8.07 Å². The van der Waals surface area contributed by atoms with Crippen LogP contribution in [-0.4, -0.2) is 26.8 Å². The van der Waals surface area contributed by atoms with Crippen molar-refractivity contribution in [1.29, 1.82) is 0 Å². The van der Waals surface area contributed by atoms with E-state index in [1.54, 1.807) is 0 Å². The van der Waals surface area contributed by atoms with Gasteiger partial charge >= 0.3 is 0 Å². The molecule has 1 saturated carbocycles. The fraction of sp³-hybridized carbons (Fsp3) is 1.00. The maximum atomic E-state index is 7.10. The average Bonchev–Trinajstić information content (AvgIpc) is 2.63. The lowest BCUT2D eigenvalue weighted by atomic mass is 9.73. The van der Waals surface area contributed by atoms with Crippen molar-refractivity contribution < 1.29 is 4.74 Å². The first-order valence-electron chi connectivity index (χ1n) is 11.8. The van der Waals surface area contributed by atoms with Crippen LogP contribution in [0.25, 0.3) is 0 Å². The van der Waals surface area contributed by atoms with Crippen LogP contribution in [0.3, 0.4) is 0 Å². The Morgan fingerprint density at radius 2 is 1.46 bits per heavy atom. The van der Waals surface area contributed by atoms with Gasteiger partial charge in [-0.2, -0.15) is 0 Å². The van der Waals surface area contributed by atoms with Gasteiger partial charge in [0.05, 0.1) is 0 Å². The average molecular weight is 382 g/mol. The molecule has 1 aliphatic heterocycles. The number of rotatable bonds is 11. The van der Waals surface area contributed by atoms with E-state index in [1.807, 2.05) is 0 Å². The minimum Gasteiger partial charge on any atom is -0.381 e. The van der Waals surface area contributed by atoms with E-state index in [0.717, 1.165) is 19.1 Å². The molecule has 2 N–H and O–H groups in total. The largest absolute Gasteiger partial charge is 0.381 e. The molecule has 1 unspecified atom stereocenters. The molecule has 0 aromatic carbocycles. The van der Waals surface area contributed by atoms with E-state index in [-0.39, 0.29) is 5.54 Å². The lowest BCUT2D eigenvalue weighted by Gasteiger charge is -2.40. The third kappa shape index (κ3) is 8.44. The summed E-state index contributed by atoms with van der Waals surface area (Å²) in [5.41, 5.74) is 7.18. The van der Waals surface area contributed by atoms with Crippen LogP contribution in [0, 0.1) is 11.8 Å². The van der Waals surface area contributed by atoms with Gasteiger partial charge in [0.2, 0.25) is 0 Å². The van der Waals surface area contributed by atoms with E-state index >= 15 is 0 Å². The summed E-state index contributed by atoms with van der Waals surface area (Å²) < 4.78 is 5.62. The molecule has 2 nitrogen and oxygen atoms in total. The van der Waals surface area contributed by atoms with Crippen molar-refractivity contribution in [2.75, 3.05) is 13.2 Å². The standard InChI is InChI=1S/C23H47NOSi/c1-26(2,3)20-10-9-17-23(24,22-14-18-25-19-15-22)16-8-7-13-21-11-5-4-6-12-21/h21-22H,4-20,24H2,1-3H3. The first kappa shape index (κ1) is 22.4. The van der Waals surface area contributed by atoms with E-state index in [1.165, 1.54) is 95.9 Å². The van der Waals surface area contributed by atoms with E-state index in [2.05, 4.69) is 19.6 Å². The predicted molar refractivity (Wildman–Crippen MR) is 118 cm³/mol. The SMILES string of the molecule is C[Si](C)(C)CCCCC(N)(CCCCC1CCCCC1)C1CCOCC1. The molecule has 0 radical (unpaired) electrons. The molecular formula is C23H47NOSi. The molecule has 1 aliphatic carbocycles. The molecule has 0 spiro atoms. The van der Waals surface area contributed by atoms with E-state index in [9.17, 15) is 0 Å². The summed E-state index contributed by atoms with van der Waals surface area (Å²) in [4.78, 5) is 0. The van der Waals surface area contributed by atoms with Gasteiger partial charge in [0, 0.05) is 26.8 Å². The van der Waals surface area contributed by atoms with Crippen molar-refractivity contribution in [1.82, 2.24) is 0 Å². The summed E-state index contributed by atoms with van der Waals surface area (Å²) in [6.07, 6.45) is 19.2. The number of hydrogen-bond donors (Lipinski definition) is 1. The van der Waals surface area contributed by atoms with Gasteiger partial charge in [-0.1, -0.05) is 89.9 Å². The van der Waals surface area contributed by atoms with Gasteiger partial charge in [-0.3, -0.25) is 0 Å².